The lowest BCUT2D eigenvalue weighted by atomic mass is 10.1. The molecule has 4 rings (SSSR count). The molecule has 7 nitrogen and oxygen atoms in total. The number of carbonyl (C=O) groups excluding carboxylic acids is 1. The molecule has 1 aromatic heterocycles. The number of halogens is 1. The Morgan fingerprint density at radius 1 is 1.14 bits per heavy atom. The van der Waals surface area contributed by atoms with E-state index in [-0.39, 0.29) is 16.3 Å². The Labute approximate surface area is 170 Å². The summed E-state index contributed by atoms with van der Waals surface area (Å²) in [6, 6.07) is 16.4. The first-order valence-electron chi connectivity index (χ1n) is 8.64. The molecule has 0 aliphatic carbocycles. The number of hydrogen-bond acceptors (Lipinski definition) is 5. The van der Waals surface area contributed by atoms with E-state index in [1.165, 1.54) is 12.1 Å². The molecule has 0 saturated heterocycles. The van der Waals surface area contributed by atoms with Gasteiger partial charge in [0.15, 0.2) is 5.58 Å². The van der Waals surface area contributed by atoms with E-state index in [1.54, 1.807) is 24.3 Å². The SMILES string of the molecule is Cc1ccc2oc(-c3ccccc3NC(=O)c3cc([N+](=O)[O-])ccc3Cl)nc2c1. The Morgan fingerprint density at radius 2 is 1.93 bits per heavy atom. The minimum absolute atomic E-state index is 0.00357. The van der Waals surface area contributed by atoms with Gasteiger partial charge in [0, 0.05) is 12.1 Å². The van der Waals surface area contributed by atoms with Crippen LogP contribution in [-0.4, -0.2) is 15.8 Å². The summed E-state index contributed by atoms with van der Waals surface area (Å²) < 4.78 is 5.83. The Balaban J connectivity index is 1.71. The Hall–Kier alpha value is -3.71. The highest BCUT2D eigenvalue weighted by Crippen LogP contribution is 2.31. The van der Waals surface area contributed by atoms with Crippen LogP contribution >= 0.6 is 11.6 Å². The third-order valence-corrected chi connectivity index (χ3v) is 4.68. The van der Waals surface area contributed by atoms with E-state index < -0.39 is 10.8 Å². The van der Waals surface area contributed by atoms with Gasteiger partial charge in [0.1, 0.15) is 5.52 Å². The van der Waals surface area contributed by atoms with Gasteiger partial charge in [-0.15, -0.1) is 0 Å². The minimum atomic E-state index is -0.582. The predicted molar refractivity (Wildman–Crippen MR) is 110 cm³/mol. The van der Waals surface area contributed by atoms with Crippen molar-refractivity contribution in [2.75, 3.05) is 5.32 Å². The number of aryl methyl sites for hydroxylation is 1. The van der Waals surface area contributed by atoms with Crippen LogP contribution in [0.25, 0.3) is 22.6 Å². The predicted octanol–water partition coefficient (Wildman–Crippen LogP) is 5.62. The number of hydrogen-bond donors (Lipinski definition) is 1. The number of anilines is 1. The number of carbonyl (C=O) groups is 1. The van der Waals surface area contributed by atoms with Crippen molar-refractivity contribution in [1.29, 1.82) is 0 Å². The molecule has 1 amide bonds. The molecule has 0 atom stereocenters. The standard InChI is InChI=1S/C21H14ClN3O4/c1-12-6-9-19-18(10-12)24-21(29-19)14-4-2-3-5-17(14)23-20(26)15-11-13(25(27)28)7-8-16(15)22/h2-11H,1H3,(H,23,26). The van der Waals surface area contributed by atoms with E-state index in [0.29, 0.717) is 28.2 Å². The van der Waals surface area contributed by atoms with E-state index in [0.717, 1.165) is 11.6 Å². The molecular formula is C21H14ClN3O4. The molecule has 144 valence electrons. The van der Waals surface area contributed by atoms with Crippen LogP contribution in [0.4, 0.5) is 11.4 Å². The van der Waals surface area contributed by atoms with Crippen LogP contribution in [0, 0.1) is 17.0 Å². The second-order valence-electron chi connectivity index (χ2n) is 6.41. The van der Waals surface area contributed by atoms with E-state index >= 15 is 0 Å². The number of rotatable bonds is 4. The quantitative estimate of drug-likeness (QED) is 0.350. The van der Waals surface area contributed by atoms with Crippen molar-refractivity contribution in [3.63, 3.8) is 0 Å². The van der Waals surface area contributed by atoms with Gasteiger partial charge in [-0.2, -0.15) is 0 Å². The molecule has 0 saturated carbocycles. The van der Waals surface area contributed by atoms with Gasteiger partial charge in [0.25, 0.3) is 11.6 Å². The summed E-state index contributed by atoms with van der Waals surface area (Å²) in [6.07, 6.45) is 0. The van der Waals surface area contributed by atoms with Crippen molar-refractivity contribution in [1.82, 2.24) is 4.98 Å². The van der Waals surface area contributed by atoms with Crippen molar-refractivity contribution in [3.05, 3.63) is 86.9 Å². The smallest absolute Gasteiger partial charge is 0.270 e. The Morgan fingerprint density at radius 3 is 2.72 bits per heavy atom. The fourth-order valence-corrected chi connectivity index (χ4v) is 3.13. The highest BCUT2D eigenvalue weighted by molar-refractivity contribution is 6.34. The first kappa shape index (κ1) is 18.6. The van der Waals surface area contributed by atoms with Crippen molar-refractivity contribution in [3.8, 4) is 11.5 Å². The summed E-state index contributed by atoms with van der Waals surface area (Å²) in [4.78, 5) is 27.7. The molecule has 0 fully saturated rings. The largest absolute Gasteiger partial charge is 0.436 e. The van der Waals surface area contributed by atoms with Crippen LogP contribution in [0.1, 0.15) is 15.9 Å². The number of fused-ring (bicyclic) bond motifs is 1. The molecule has 1 N–H and O–H groups in total. The third kappa shape index (κ3) is 3.68. The minimum Gasteiger partial charge on any atom is -0.436 e. The summed E-state index contributed by atoms with van der Waals surface area (Å²) in [7, 11) is 0. The summed E-state index contributed by atoms with van der Waals surface area (Å²) in [5.41, 5.74) is 3.21. The molecule has 0 radical (unpaired) electrons. The van der Waals surface area contributed by atoms with Gasteiger partial charge in [0.05, 0.1) is 26.8 Å². The molecule has 0 spiro atoms. The summed E-state index contributed by atoms with van der Waals surface area (Å²) in [5, 5.41) is 13.9. The van der Waals surface area contributed by atoms with Gasteiger partial charge in [-0.3, -0.25) is 14.9 Å². The molecule has 1 heterocycles. The Kier molecular flexibility index (Phi) is 4.74. The zero-order valence-corrected chi connectivity index (χ0v) is 15.9. The fraction of sp³-hybridized carbons (Fsp3) is 0.0476. The lowest BCUT2D eigenvalue weighted by Crippen LogP contribution is -2.13. The monoisotopic (exact) mass is 407 g/mol. The number of aromatic nitrogens is 1. The maximum Gasteiger partial charge on any atom is 0.270 e. The maximum atomic E-state index is 12.7. The first-order chi connectivity index (χ1) is 13.9. The van der Waals surface area contributed by atoms with Gasteiger partial charge >= 0.3 is 0 Å². The number of para-hydroxylation sites is 1. The van der Waals surface area contributed by atoms with E-state index in [4.69, 9.17) is 16.0 Å². The number of oxazole rings is 1. The molecule has 8 heteroatoms. The summed E-state index contributed by atoms with van der Waals surface area (Å²) in [5.74, 6) is -0.218. The van der Waals surface area contributed by atoms with E-state index in [9.17, 15) is 14.9 Å². The molecule has 29 heavy (non-hydrogen) atoms. The zero-order chi connectivity index (χ0) is 20.5. The van der Waals surface area contributed by atoms with Gasteiger partial charge in [-0.1, -0.05) is 29.8 Å². The molecule has 0 aliphatic heterocycles. The van der Waals surface area contributed by atoms with Crippen molar-refractivity contribution in [2.45, 2.75) is 6.92 Å². The fourth-order valence-electron chi connectivity index (χ4n) is 2.92. The number of nitrogens with zero attached hydrogens (tertiary/aromatic N) is 2. The molecule has 0 unspecified atom stereocenters. The lowest BCUT2D eigenvalue weighted by molar-refractivity contribution is -0.384. The van der Waals surface area contributed by atoms with Crippen molar-refractivity contribution in [2.24, 2.45) is 0 Å². The molecule has 3 aromatic carbocycles. The normalized spacial score (nSPS) is 10.8. The molecular weight excluding hydrogens is 394 g/mol. The molecule has 0 aliphatic rings. The molecule has 0 bridgehead atoms. The number of amides is 1. The van der Waals surface area contributed by atoms with Gasteiger partial charge in [-0.25, -0.2) is 4.98 Å². The second kappa shape index (κ2) is 7.37. The number of benzene rings is 3. The van der Waals surface area contributed by atoms with Gasteiger partial charge in [0.2, 0.25) is 5.89 Å². The number of non-ortho nitro benzene ring substituents is 1. The third-order valence-electron chi connectivity index (χ3n) is 4.35. The van der Waals surface area contributed by atoms with Gasteiger partial charge in [-0.05, 0) is 42.8 Å². The first-order valence-corrected chi connectivity index (χ1v) is 9.02. The highest BCUT2D eigenvalue weighted by Gasteiger charge is 2.19. The number of nitrogens with one attached hydrogen (secondary N) is 1. The van der Waals surface area contributed by atoms with Crippen LogP contribution < -0.4 is 5.32 Å². The van der Waals surface area contributed by atoms with Crippen molar-refractivity contribution < 1.29 is 14.1 Å². The average molecular weight is 408 g/mol. The number of nitro benzene ring substituents is 1. The van der Waals surface area contributed by atoms with Gasteiger partial charge < -0.3 is 9.73 Å². The van der Waals surface area contributed by atoms with Crippen LogP contribution in [0.2, 0.25) is 5.02 Å². The summed E-state index contributed by atoms with van der Waals surface area (Å²) >= 11 is 6.07. The Bertz CT molecular complexity index is 1270. The van der Waals surface area contributed by atoms with Crippen LogP contribution in [0.5, 0.6) is 0 Å². The topological polar surface area (TPSA) is 98.3 Å². The van der Waals surface area contributed by atoms with Crippen molar-refractivity contribution >= 4 is 40.0 Å². The second-order valence-corrected chi connectivity index (χ2v) is 6.82. The lowest BCUT2D eigenvalue weighted by Gasteiger charge is -2.10. The van der Waals surface area contributed by atoms with E-state index in [2.05, 4.69) is 10.3 Å². The van der Waals surface area contributed by atoms with Crippen LogP contribution in [0.3, 0.4) is 0 Å². The van der Waals surface area contributed by atoms with Crippen LogP contribution in [0.15, 0.2) is 65.1 Å². The number of nitro groups is 1. The maximum absolute atomic E-state index is 12.7. The van der Waals surface area contributed by atoms with E-state index in [1.807, 2.05) is 25.1 Å². The van der Waals surface area contributed by atoms with Crippen LogP contribution in [-0.2, 0) is 0 Å². The summed E-state index contributed by atoms with van der Waals surface area (Å²) in [6.45, 7) is 1.96. The zero-order valence-electron chi connectivity index (χ0n) is 15.2. The molecule has 4 aromatic rings. The highest BCUT2D eigenvalue weighted by atomic mass is 35.5. The average Bonchev–Trinajstić information content (AvgIpc) is 3.11.